The van der Waals surface area contributed by atoms with E-state index in [1.54, 1.807) is 4.90 Å². The smallest absolute Gasteiger partial charge is 0.409 e. The Morgan fingerprint density at radius 1 is 1.16 bits per heavy atom. The van der Waals surface area contributed by atoms with Crippen LogP contribution in [0.4, 0.5) is 4.79 Å². The van der Waals surface area contributed by atoms with Crippen LogP contribution in [0.25, 0.3) is 0 Å². The van der Waals surface area contributed by atoms with Crippen LogP contribution >= 0.6 is 0 Å². The highest BCUT2D eigenvalue weighted by molar-refractivity contribution is 5.67. The number of nitrogens with zero attached hydrogens (tertiary/aromatic N) is 1. The fourth-order valence-electron chi connectivity index (χ4n) is 3.05. The molecule has 1 amide bonds. The summed E-state index contributed by atoms with van der Waals surface area (Å²) in [5, 5.41) is 3.37. The van der Waals surface area contributed by atoms with Crippen molar-refractivity contribution in [2.24, 2.45) is 5.92 Å². The summed E-state index contributed by atoms with van der Waals surface area (Å²) in [5.74, 6) is 0.770. The van der Waals surface area contributed by atoms with Gasteiger partial charge in [0.05, 0.1) is 0 Å². The Morgan fingerprint density at radius 3 is 2.53 bits per heavy atom. The average molecular weight is 268 g/mol. The lowest BCUT2D eigenvalue weighted by Gasteiger charge is -2.27. The molecule has 2 aliphatic rings. The van der Waals surface area contributed by atoms with Gasteiger partial charge in [-0.2, -0.15) is 0 Å². The number of piperidine rings is 1. The van der Waals surface area contributed by atoms with E-state index in [0.29, 0.717) is 0 Å². The van der Waals surface area contributed by atoms with Crippen molar-refractivity contribution in [3.8, 4) is 0 Å². The van der Waals surface area contributed by atoms with Crippen molar-refractivity contribution in [3.63, 3.8) is 0 Å². The topological polar surface area (TPSA) is 41.6 Å². The van der Waals surface area contributed by atoms with E-state index in [1.165, 1.54) is 32.1 Å². The van der Waals surface area contributed by atoms with E-state index in [2.05, 4.69) is 5.32 Å². The summed E-state index contributed by atoms with van der Waals surface area (Å²) in [6.45, 7) is 3.08. The highest BCUT2D eigenvalue weighted by atomic mass is 16.6. The lowest BCUT2D eigenvalue weighted by molar-refractivity contribution is 0.0499. The molecular formula is C15H28N2O2. The summed E-state index contributed by atoms with van der Waals surface area (Å²) >= 11 is 0. The molecule has 1 aliphatic carbocycles. The first-order chi connectivity index (χ1) is 9.25. The van der Waals surface area contributed by atoms with Gasteiger partial charge in [-0.25, -0.2) is 4.79 Å². The predicted octanol–water partition coefficient (Wildman–Crippen LogP) is 2.78. The summed E-state index contributed by atoms with van der Waals surface area (Å²) in [6.07, 6.45) is 9.44. The van der Waals surface area contributed by atoms with Gasteiger partial charge in [-0.3, -0.25) is 0 Å². The molecule has 0 aromatic heterocycles. The Labute approximate surface area is 116 Å². The summed E-state index contributed by atoms with van der Waals surface area (Å²) in [6, 6.07) is 0. The van der Waals surface area contributed by atoms with Crippen molar-refractivity contribution in [3.05, 3.63) is 0 Å². The van der Waals surface area contributed by atoms with E-state index in [9.17, 15) is 4.79 Å². The van der Waals surface area contributed by atoms with E-state index >= 15 is 0 Å². The van der Waals surface area contributed by atoms with Gasteiger partial charge in [-0.1, -0.05) is 6.42 Å². The molecular weight excluding hydrogens is 240 g/mol. The summed E-state index contributed by atoms with van der Waals surface area (Å²) in [7, 11) is 1.87. The van der Waals surface area contributed by atoms with Crippen molar-refractivity contribution in [2.75, 3.05) is 26.7 Å². The average Bonchev–Trinajstić information content (AvgIpc) is 2.47. The maximum atomic E-state index is 12.0. The molecule has 1 saturated heterocycles. The van der Waals surface area contributed by atoms with Crippen molar-refractivity contribution >= 4 is 6.09 Å². The second kappa shape index (κ2) is 7.73. The minimum Gasteiger partial charge on any atom is -0.446 e. The molecule has 0 spiro atoms. The van der Waals surface area contributed by atoms with Crippen molar-refractivity contribution < 1.29 is 9.53 Å². The van der Waals surface area contributed by atoms with Crippen molar-refractivity contribution in [2.45, 2.75) is 57.5 Å². The maximum absolute atomic E-state index is 12.0. The van der Waals surface area contributed by atoms with E-state index < -0.39 is 0 Å². The van der Waals surface area contributed by atoms with Crippen LogP contribution in [0.15, 0.2) is 0 Å². The number of carbonyl (C=O) groups excluding carboxylic acids is 1. The molecule has 0 bridgehead atoms. The van der Waals surface area contributed by atoms with E-state index in [-0.39, 0.29) is 12.2 Å². The molecule has 0 atom stereocenters. The molecule has 0 unspecified atom stereocenters. The van der Waals surface area contributed by atoms with Gasteiger partial charge in [-0.15, -0.1) is 0 Å². The first-order valence-corrected chi connectivity index (χ1v) is 7.88. The first-order valence-electron chi connectivity index (χ1n) is 7.88. The molecule has 0 aromatic rings. The zero-order chi connectivity index (χ0) is 13.5. The number of hydrogen-bond donors (Lipinski definition) is 1. The largest absolute Gasteiger partial charge is 0.446 e. The van der Waals surface area contributed by atoms with E-state index in [4.69, 9.17) is 4.74 Å². The minimum absolute atomic E-state index is 0.124. The molecule has 1 aliphatic heterocycles. The second-order valence-electron chi connectivity index (χ2n) is 6.05. The third kappa shape index (κ3) is 5.01. The SMILES string of the molecule is CN(CCC1CCNCC1)C(=O)OC1CCCCC1. The second-order valence-corrected chi connectivity index (χ2v) is 6.05. The van der Waals surface area contributed by atoms with Crippen LogP contribution in [0.3, 0.4) is 0 Å². The number of amides is 1. The molecule has 0 aromatic carbocycles. The van der Waals surface area contributed by atoms with Crippen LogP contribution in [0.1, 0.15) is 51.4 Å². The standard InChI is InChI=1S/C15H28N2O2/c1-17(12-9-13-7-10-16-11-8-13)15(18)19-14-5-3-2-4-6-14/h13-14,16H,2-12H2,1H3. The normalized spacial score (nSPS) is 22.2. The Morgan fingerprint density at radius 2 is 1.84 bits per heavy atom. The molecule has 4 nitrogen and oxygen atoms in total. The Kier molecular flexibility index (Phi) is 5.95. The quantitative estimate of drug-likeness (QED) is 0.852. The molecule has 2 fully saturated rings. The monoisotopic (exact) mass is 268 g/mol. The zero-order valence-electron chi connectivity index (χ0n) is 12.2. The number of nitrogens with one attached hydrogen (secondary N) is 1. The fourth-order valence-corrected chi connectivity index (χ4v) is 3.05. The Balaban J connectivity index is 1.63. The van der Waals surface area contributed by atoms with Gasteiger partial charge in [0, 0.05) is 13.6 Å². The highest BCUT2D eigenvalue weighted by Gasteiger charge is 2.21. The molecule has 1 N–H and O–H groups in total. The van der Waals surface area contributed by atoms with Crippen LogP contribution in [0, 0.1) is 5.92 Å². The minimum atomic E-state index is -0.124. The number of rotatable bonds is 4. The lowest BCUT2D eigenvalue weighted by Crippen LogP contribution is -2.35. The molecule has 19 heavy (non-hydrogen) atoms. The molecule has 0 radical (unpaired) electrons. The van der Waals surface area contributed by atoms with Gasteiger partial charge in [0.1, 0.15) is 6.10 Å². The van der Waals surface area contributed by atoms with Crippen LogP contribution in [-0.2, 0) is 4.74 Å². The third-order valence-electron chi connectivity index (χ3n) is 4.46. The molecule has 110 valence electrons. The van der Waals surface area contributed by atoms with E-state index in [0.717, 1.165) is 44.8 Å². The number of hydrogen-bond acceptors (Lipinski definition) is 3. The zero-order valence-corrected chi connectivity index (χ0v) is 12.2. The predicted molar refractivity (Wildman–Crippen MR) is 76.2 cm³/mol. The van der Waals surface area contributed by atoms with Gasteiger partial charge < -0.3 is 15.0 Å². The number of carbonyl (C=O) groups is 1. The van der Waals surface area contributed by atoms with Gasteiger partial charge in [-0.05, 0) is 64.0 Å². The van der Waals surface area contributed by atoms with Crippen LogP contribution in [-0.4, -0.2) is 43.8 Å². The third-order valence-corrected chi connectivity index (χ3v) is 4.46. The highest BCUT2D eigenvalue weighted by Crippen LogP contribution is 2.21. The van der Waals surface area contributed by atoms with Gasteiger partial charge in [0.15, 0.2) is 0 Å². The lowest BCUT2D eigenvalue weighted by atomic mass is 9.94. The van der Waals surface area contributed by atoms with Crippen LogP contribution in [0.5, 0.6) is 0 Å². The summed E-state index contributed by atoms with van der Waals surface area (Å²) in [5.41, 5.74) is 0. The van der Waals surface area contributed by atoms with Crippen molar-refractivity contribution in [1.29, 1.82) is 0 Å². The Bertz CT molecular complexity index is 271. The van der Waals surface area contributed by atoms with Crippen LogP contribution < -0.4 is 5.32 Å². The van der Waals surface area contributed by atoms with Crippen molar-refractivity contribution in [1.82, 2.24) is 10.2 Å². The molecule has 1 heterocycles. The van der Waals surface area contributed by atoms with Gasteiger partial charge in [0.2, 0.25) is 0 Å². The fraction of sp³-hybridized carbons (Fsp3) is 0.933. The summed E-state index contributed by atoms with van der Waals surface area (Å²) in [4.78, 5) is 13.7. The summed E-state index contributed by atoms with van der Waals surface area (Å²) < 4.78 is 5.57. The van der Waals surface area contributed by atoms with Crippen LogP contribution in [0.2, 0.25) is 0 Å². The van der Waals surface area contributed by atoms with Gasteiger partial charge in [0.25, 0.3) is 0 Å². The van der Waals surface area contributed by atoms with E-state index in [1.807, 2.05) is 7.05 Å². The van der Waals surface area contributed by atoms with Gasteiger partial charge >= 0.3 is 6.09 Å². The number of ether oxygens (including phenoxy) is 1. The molecule has 2 rings (SSSR count). The maximum Gasteiger partial charge on any atom is 0.409 e. The Hall–Kier alpha value is -0.770. The molecule has 1 saturated carbocycles. The first kappa shape index (κ1) is 14.6. The molecule has 4 heteroatoms.